The van der Waals surface area contributed by atoms with Crippen molar-refractivity contribution in [2.75, 3.05) is 50.1 Å². The first-order valence-corrected chi connectivity index (χ1v) is 21.3. The van der Waals surface area contributed by atoms with Crippen molar-refractivity contribution < 1.29 is 24.5 Å². The van der Waals surface area contributed by atoms with Gasteiger partial charge in [-0.15, -0.1) is 0 Å². The summed E-state index contributed by atoms with van der Waals surface area (Å²) in [4.78, 5) is 40.1. The van der Waals surface area contributed by atoms with E-state index in [-0.39, 0.29) is 40.1 Å². The highest BCUT2D eigenvalue weighted by Gasteiger charge is 2.66. The topological polar surface area (TPSA) is 146 Å². The van der Waals surface area contributed by atoms with Gasteiger partial charge in [0.05, 0.1) is 35.2 Å². The second kappa shape index (κ2) is 14.5. The van der Waals surface area contributed by atoms with Crippen molar-refractivity contribution in [2.24, 2.45) is 16.2 Å². The van der Waals surface area contributed by atoms with Crippen LogP contribution in [0.4, 0.5) is 10.9 Å². The Morgan fingerprint density at radius 2 is 1.74 bits per heavy atom. The number of carboxylic acid groups (broad SMARTS) is 1. The number of aliphatic hydroxyl groups is 1. The molecule has 0 spiro atoms. The summed E-state index contributed by atoms with van der Waals surface area (Å²) in [7, 11) is 2.03. The Bertz CT molecular complexity index is 2360. The second-order valence-electron chi connectivity index (χ2n) is 18.5. The quantitative estimate of drug-likeness (QED) is 0.110. The summed E-state index contributed by atoms with van der Waals surface area (Å²) in [6, 6.07) is 17.4. The predicted molar refractivity (Wildman–Crippen MR) is 226 cm³/mol. The summed E-state index contributed by atoms with van der Waals surface area (Å²) in [6.07, 6.45) is 9.10. The summed E-state index contributed by atoms with van der Waals surface area (Å²) in [5, 5.41) is 28.4. The van der Waals surface area contributed by atoms with Crippen LogP contribution in [0.15, 0.2) is 60.8 Å². The van der Waals surface area contributed by atoms with Crippen LogP contribution >= 0.6 is 11.3 Å². The number of amides is 1. The number of nitrogens with zero attached hydrogens (tertiary/aromatic N) is 6. The number of aromatic nitrogens is 4. The molecule has 304 valence electrons. The Kier molecular flexibility index (Phi) is 9.73. The van der Waals surface area contributed by atoms with Crippen LogP contribution in [0.3, 0.4) is 0 Å². The molecule has 3 aromatic heterocycles. The predicted octanol–water partition coefficient (Wildman–Crippen LogP) is 7.44. The third-order valence-corrected chi connectivity index (χ3v) is 14.3. The largest absolute Gasteiger partial charge is 0.476 e. The number of rotatable bonds is 13. The number of aromatic carboxylic acids is 1. The highest BCUT2D eigenvalue weighted by molar-refractivity contribution is 7.22. The highest BCUT2D eigenvalue weighted by atomic mass is 32.1. The van der Waals surface area contributed by atoms with E-state index in [4.69, 9.17) is 14.8 Å². The summed E-state index contributed by atoms with van der Waals surface area (Å²) >= 11 is 1.44. The molecule has 10 rings (SSSR count). The van der Waals surface area contributed by atoms with Crippen molar-refractivity contribution in [1.29, 1.82) is 0 Å². The van der Waals surface area contributed by atoms with Gasteiger partial charge in [-0.25, -0.2) is 14.8 Å². The molecule has 2 atom stereocenters. The van der Waals surface area contributed by atoms with Gasteiger partial charge in [-0.3, -0.25) is 14.8 Å². The third-order valence-electron chi connectivity index (χ3n) is 13.3. The Morgan fingerprint density at radius 1 is 0.948 bits per heavy atom. The summed E-state index contributed by atoms with van der Waals surface area (Å²) in [5.41, 5.74) is 5.88. The van der Waals surface area contributed by atoms with E-state index >= 15 is 0 Å². The van der Waals surface area contributed by atoms with Crippen LogP contribution < -0.4 is 10.2 Å². The SMILES string of the molecule is Cc1c(-c2ccc(N3CCc4cccc(C(=O)Nc5nc6ccccc6s5)c4C3)nc2C(=O)O)cnn1CC12CC3(C)CC(C)(C1)CC(OCCN(C)CCO)(C3)C2. The van der Waals surface area contributed by atoms with Gasteiger partial charge in [0, 0.05) is 55.1 Å². The number of hydrogen-bond donors (Lipinski definition) is 3. The van der Waals surface area contributed by atoms with Crippen molar-refractivity contribution in [1.82, 2.24) is 24.6 Å². The van der Waals surface area contributed by atoms with Gasteiger partial charge in [-0.1, -0.05) is 49.4 Å². The number of nitrogens with one attached hydrogen (secondary N) is 1. The van der Waals surface area contributed by atoms with Crippen LogP contribution in [-0.4, -0.2) is 92.2 Å². The normalized spacial score (nSPS) is 26.1. The van der Waals surface area contributed by atoms with Crippen molar-refractivity contribution in [2.45, 2.75) is 84.4 Å². The Morgan fingerprint density at radius 3 is 2.50 bits per heavy atom. The Balaban J connectivity index is 0.946. The monoisotopic (exact) mass is 803 g/mol. The molecule has 3 N–H and O–H groups in total. The number of ether oxygens (including phenoxy) is 1. The maximum atomic E-state index is 13.6. The fraction of sp³-hybridized carbons (Fsp3) is 0.489. The number of likely N-dealkylation sites (N-methyl/N-ethyl adjacent to an activating group) is 1. The minimum absolute atomic E-state index is 0.0128. The van der Waals surface area contributed by atoms with Crippen LogP contribution in [0.25, 0.3) is 21.3 Å². The molecule has 1 amide bonds. The van der Waals surface area contributed by atoms with Gasteiger partial charge in [-0.2, -0.15) is 5.10 Å². The second-order valence-corrected chi connectivity index (χ2v) is 19.5. The molecule has 5 aliphatic rings. The van der Waals surface area contributed by atoms with Gasteiger partial charge in [0.1, 0.15) is 5.82 Å². The van der Waals surface area contributed by atoms with E-state index in [1.807, 2.05) is 62.5 Å². The lowest BCUT2D eigenvalue weighted by atomic mass is 9.39. The van der Waals surface area contributed by atoms with E-state index in [0.717, 1.165) is 77.8 Å². The Labute approximate surface area is 343 Å². The molecule has 4 bridgehead atoms. The van der Waals surface area contributed by atoms with E-state index in [0.29, 0.717) is 54.7 Å². The number of para-hydroxylation sites is 1. The molecule has 1 aliphatic heterocycles. The molecular formula is C45H53N7O5S. The van der Waals surface area contributed by atoms with Crippen molar-refractivity contribution >= 4 is 44.4 Å². The van der Waals surface area contributed by atoms with Crippen LogP contribution in [0.2, 0.25) is 0 Å². The van der Waals surface area contributed by atoms with Crippen molar-refractivity contribution in [3.8, 4) is 11.1 Å². The molecule has 58 heavy (non-hydrogen) atoms. The van der Waals surface area contributed by atoms with E-state index in [1.54, 1.807) is 6.20 Å². The molecule has 0 radical (unpaired) electrons. The van der Waals surface area contributed by atoms with Crippen LogP contribution in [0.1, 0.15) is 90.0 Å². The third kappa shape index (κ3) is 7.20. The molecule has 2 unspecified atom stereocenters. The van der Waals surface area contributed by atoms with Crippen LogP contribution in [-0.2, 0) is 24.2 Å². The van der Waals surface area contributed by atoms with E-state index in [2.05, 4.69) is 44.7 Å². The van der Waals surface area contributed by atoms with Gasteiger partial charge in [0.2, 0.25) is 0 Å². The van der Waals surface area contributed by atoms with Gasteiger partial charge in [0.25, 0.3) is 5.91 Å². The molecule has 4 aliphatic carbocycles. The molecule has 2 aromatic carbocycles. The van der Waals surface area contributed by atoms with Gasteiger partial charge >= 0.3 is 5.97 Å². The summed E-state index contributed by atoms with van der Waals surface area (Å²) in [6.45, 7) is 11.0. The first-order chi connectivity index (χ1) is 27.8. The van der Waals surface area contributed by atoms with Gasteiger partial charge in [0.15, 0.2) is 10.8 Å². The zero-order valence-electron chi connectivity index (χ0n) is 33.9. The van der Waals surface area contributed by atoms with Gasteiger partial charge < -0.3 is 24.7 Å². The minimum Gasteiger partial charge on any atom is -0.476 e. The lowest BCUT2D eigenvalue weighted by Gasteiger charge is -2.69. The average molecular weight is 804 g/mol. The molecular weight excluding hydrogens is 751 g/mol. The lowest BCUT2D eigenvalue weighted by Crippen LogP contribution is -2.64. The zero-order chi connectivity index (χ0) is 40.5. The number of thiazole rings is 1. The van der Waals surface area contributed by atoms with Crippen LogP contribution in [0.5, 0.6) is 0 Å². The molecule has 5 aromatic rings. The number of pyridine rings is 1. The smallest absolute Gasteiger partial charge is 0.355 e. The molecule has 0 saturated heterocycles. The van der Waals surface area contributed by atoms with E-state index in [1.165, 1.54) is 17.8 Å². The Hall–Kier alpha value is -4.69. The number of fused-ring (bicyclic) bond motifs is 2. The number of aliphatic hydroxyl groups excluding tert-OH is 1. The zero-order valence-corrected chi connectivity index (χ0v) is 34.7. The fourth-order valence-corrected chi connectivity index (χ4v) is 13.0. The van der Waals surface area contributed by atoms with Crippen molar-refractivity contribution in [3.05, 3.63) is 88.9 Å². The van der Waals surface area contributed by atoms with E-state index in [9.17, 15) is 19.8 Å². The first-order valence-electron chi connectivity index (χ1n) is 20.5. The standard InChI is InChI=1S/C45H53N7O5S/c1-29-33(20-46-52(29)28-44-23-42(2)22-43(3,24-44)26-45(25-42,27-44)57-19-17-50(4)16-18-53)31-12-13-37(48-38(31)40(55)56)51-15-14-30-8-7-9-32(34(30)21-51)39(54)49-41-47-35-10-5-6-11-36(35)58-41/h5-13,20,53H,14-19,21-28H2,1-4H3,(H,55,56)(H,47,49,54). The molecule has 4 fully saturated rings. The fourth-order valence-electron chi connectivity index (χ4n) is 12.1. The maximum Gasteiger partial charge on any atom is 0.355 e. The molecule has 4 saturated carbocycles. The van der Waals surface area contributed by atoms with Gasteiger partial charge in [-0.05, 0) is 117 Å². The number of carbonyl (C=O) groups is 2. The average Bonchev–Trinajstić information content (AvgIpc) is 3.74. The number of benzene rings is 2. The highest BCUT2D eigenvalue weighted by Crippen LogP contribution is 2.72. The lowest BCUT2D eigenvalue weighted by molar-refractivity contribution is -0.248. The first kappa shape index (κ1) is 38.8. The van der Waals surface area contributed by atoms with Crippen molar-refractivity contribution in [3.63, 3.8) is 0 Å². The minimum atomic E-state index is -1.09. The summed E-state index contributed by atoms with van der Waals surface area (Å²) in [5.74, 6) is -0.759. The molecule has 12 nitrogen and oxygen atoms in total. The van der Waals surface area contributed by atoms with E-state index < -0.39 is 5.97 Å². The number of hydrogen-bond acceptors (Lipinski definition) is 10. The number of anilines is 2. The molecule has 4 heterocycles. The number of carbonyl (C=O) groups excluding carboxylic acids is 1. The summed E-state index contributed by atoms with van der Waals surface area (Å²) < 4.78 is 9.98. The molecule has 13 heteroatoms. The number of carboxylic acids is 1. The van der Waals surface area contributed by atoms with Crippen LogP contribution in [0, 0.1) is 23.2 Å². The maximum absolute atomic E-state index is 13.6.